The normalized spacial score (nSPS) is 13.3. The summed E-state index contributed by atoms with van der Waals surface area (Å²) in [7, 11) is 0. The van der Waals surface area contributed by atoms with Crippen molar-refractivity contribution in [1.29, 1.82) is 0 Å². The highest BCUT2D eigenvalue weighted by atomic mass is 32.1. The number of rotatable bonds is 4. The van der Waals surface area contributed by atoms with Gasteiger partial charge in [-0.25, -0.2) is 0 Å². The van der Waals surface area contributed by atoms with E-state index in [1.165, 1.54) is 5.56 Å². The summed E-state index contributed by atoms with van der Waals surface area (Å²) < 4.78 is 5.62. The van der Waals surface area contributed by atoms with Crippen LogP contribution in [0.1, 0.15) is 17.9 Å². The van der Waals surface area contributed by atoms with Crippen molar-refractivity contribution in [2.24, 2.45) is 0 Å². The van der Waals surface area contributed by atoms with Crippen molar-refractivity contribution in [3.8, 4) is 11.5 Å². The van der Waals surface area contributed by atoms with Crippen LogP contribution in [0.25, 0.3) is 11.5 Å². The van der Waals surface area contributed by atoms with Gasteiger partial charge in [-0.3, -0.25) is 4.79 Å². The van der Waals surface area contributed by atoms with Gasteiger partial charge in [0, 0.05) is 36.0 Å². The summed E-state index contributed by atoms with van der Waals surface area (Å²) in [6.45, 7) is 0.752. The van der Waals surface area contributed by atoms with Crippen LogP contribution < -0.4 is 4.90 Å². The second kappa shape index (κ2) is 5.96. The lowest BCUT2D eigenvalue weighted by Crippen LogP contribution is -2.29. The molecule has 116 valence electrons. The van der Waals surface area contributed by atoms with E-state index < -0.39 is 0 Å². The first-order valence-electron chi connectivity index (χ1n) is 7.54. The smallest absolute Gasteiger partial charge is 0.248 e. The SMILES string of the molecule is O=C(CCc1nnc(-c2ccsc2)o1)N1CCc2ccccc21. The van der Waals surface area contributed by atoms with E-state index >= 15 is 0 Å². The molecule has 0 aliphatic carbocycles. The number of thiophene rings is 1. The molecule has 3 aromatic rings. The molecule has 1 aliphatic rings. The molecule has 4 rings (SSSR count). The van der Waals surface area contributed by atoms with Crippen molar-refractivity contribution in [2.75, 3.05) is 11.4 Å². The highest BCUT2D eigenvalue weighted by Gasteiger charge is 2.24. The van der Waals surface area contributed by atoms with Gasteiger partial charge in [0.2, 0.25) is 17.7 Å². The lowest BCUT2D eigenvalue weighted by molar-refractivity contribution is -0.118. The number of carbonyl (C=O) groups excluding carboxylic acids is 1. The molecular formula is C17H15N3O2S. The van der Waals surface area contributed by atoms with Crippen LogP contribution in [0.15, 0.2) is 45.5 Å². The Kier molecular flexibility index (Phi) is 3.67. The molecule has 0 unspecified atom stereocenters. The first kappa shape index (κ1) is 14.1. The topological polar surface area (TPSA) is 59.2 Å². The van der Waals surface area contributed by atoms with E-state index in [0.717, 1.165) is 24.2 Å². The number of amides is 1. The summed E-state index contributed by atoms with van der Waals surface area (Å²) >= 11 is 1.58. The molecule has 0 fully saturated rings. The fourth-order valence-corrected chi connectivity index (χ4v) is 3.43. The van der Waals surface area contributed by atoms with E-state index in [9.17, 15) is 4.79 Å². The molecule has 1 amide bonds. The number of hydrogen-bond acceptors (Lipinski definition) is 5. The summed E-state index contributed by atoms with van der Waals surface area (Å²) in [4.78, 5) is 14.3. The highest BCUT2D eigenvalue weighted by Crippen LogP contribution is 2.28. The molecule has 0 saturated carbocycles. The van der Waals surface area contributed by atoms with Gasteiger partial charge in [0.25, 0.3) is 0 Å². The molecule has 3 heterocycles. The van der Waals surface area contributed by atoms with Gasteiger partial charge in [0.1, 0.15) is 0 Å². The average molecular weight is 325 g/mol. The maximum atomic E-state index is 12.5. The summed E-state index contributed by atoms with van der Waals surface area (Å²) in [6, 6.07) is 10.00. The third-order valence-electron chi connectivity index (χ3n) is 3.98. The van der Waals surface area contributed by atoms with Crippen molar-refractivity contribution in [2.45, 2.75) is 19.3 Å². The summed E-state index contributed by atoms with van der Waals surface area (Å²) in [6.07, 6.45) is 1.76. The number of hydrogen-bond donors (Lipinski definition) is 0. The zero-order chi connectivity index (χ0) is 15.6. The summed E-state index contributed by atoms with van der Waals surface area (Å²) in [5.41, 5.74) is 3.19. The number of benzene rings is 1. The molecule has 0 N–H and O–H groups in total. The number of aromatic nitrogens is 2. The largest absolute Gasteiger partial charge is 0.421 e. The number of para-hydroxylation sites is 1. The Morgan fingerprint density at radius 1 is 1.26 bits per heavy atom. The molecule has 0 atom stereocenters. The van der Waals surface area contributed by atoms with Gasteiger partial charge < -0.3 is 9.32 Å². The van der Waals surface area contributed by atoms with E-state index in [0.29, 0.717) is 24.6 Å². The summed E-state index contributed by atoms with van der Waals surface area (Å²) in [5.74, 6) is 1.12. The maximum Gasteiger partial charge on any atom is 0.248 e. The van der Waals surface area contributed by atoms with Crippen LogP contribution in [0.3, 0.4) is 0 Å². The first-order valence-corrected chi connectivity index (χ1v) is 8.49. The second-order valence-electron chi connectivity index (χ2n) is 5.44. The first-order chi connectivity index (χ1) is 11.3. The molecule has 5 nitrogen and oxygen atoms in total. The van der Waals surface area contributed by atoms with Crippen LogP contribution in [0, 0.1) is 0 Å². The molecule has 1 aromatic carbocycles. The molecule has 0 spiro atoms. The lowest BCUT2D eigenvalue weighted by Gasteiger charge is -2.16. The van der Waals surface area contributed by atoms with Crippen LogP contribution in [-0.2, 0) is 17.6 Å². The van der Waals surface area contributed by atoms with E-state index in [-0.39, 0.29) is 5.91 Å². The number of anilines is 1. The Hall–Kier alpha value is -2.47. The predicted octanol–water partition coefficient (Wildman–Crippen LogP) is 3.32. The standard InChI is InChI=1S/C17H15N3O2S/c21-16(20-9-7-12-3-1-2-4-14(12)20)6-5-15-18-19-17(22-15)13-8-10-23-11-13/h1-4,8,10-11H,5-7,9H2. The quantitative estimate of drug-likeness (QED) is 0.738. The minimum atomic E-state index is 0.102. The lowest BCUT2D eigenvalue weighted by atomic mass is 10.2. The van der Waals surface area contributed by atoms with Crippen molar-refractivity contribution in [3.05, 3.63) is 52.5 Å². The van der Waals surface area contributed by atoms with Crippen LogP contribution in [0.2, 0.25) is 0 Å². The second-order valence-corrected chi connectivity index (χ2v) is 6.22. The Balaban J connectivity index is 1.41. The van der Waals surface area contributed by atoms with Gasteiger partial charge >= 0.3 is 0 Å². The minimum absolute atomic E-state index is 0.102. The van der Waals surface area contributed by atoms with Gasteiger partial charge in [-0.15, -0.1) is 10.2 Å². The monoisotopic (exact) mass is 325 g/mol. The highest BCUT2D eigenvalue weighted by molar-refractivity contribution is 7.08. The van der Waals surface area contributed by atoms with Gasteiger partial charge in [0.15, 0.2) is 0 Å². The van der Waals surface area contributed by atoms with Crippen LogP contribution >= 0.6 is 11.3 Å². The van der Waals surface area contributed by atoms with Gasteiger partial charge in [-0.1, -0.05) is 18.2 Å². The Labute approximate surface area is 137 Å². The van der Waals surface area contributed by atoms with Crippen molar-refractivity contribution in [3.63, 3.8) is 0 Å². The fourth-order valence-electron chi connectivity index (χ4n) is 2.80. The zero-order valence-corrected chi connectivity index (χ0v) is 13.3. The fraction of sp³-hybridized carbons (Fsp3) is 0.235. The molecule has 0 saturated heterocycles. The average Bonchev–Trinajstić information content (AvgIpc) is 3.31. The zero-order valence-electron chi connectivity index (χ0n) is 12.4. The van der Waals surface area contributed by atoms with Gasteiger partial charge in [0.05, 0.1) is 0 Å². The van der Waals surface area contributed by atoms with Gasteiger partial charge in [-0.05, 0) is 29.5 Å². The molecule has 0 bridgehead atoms. The predicted molar refractivity (Wildman–Crippen MR) is 88.4 cm³/mol. The Morgan fingerprint density at radius 3 is 3.04 bits per heavy atom. The number of aryl methyl sites for hydroxylation is 1. The third-order valence-corrected chi connectivity index (χ3v) is 4.66. The van der Waals surface area contributed by atoms with E-state index in [2.05, 4.69) is 16.3 Å². The van der Waals surface area contributed by atoms with Crippen molar-refractivity contribution in [1.82, 2.24) is 10.2 Å². The van der Waals surface area contributed by atoms with E-state index in [4.69, 9.17) is 4.42 Å². The third kappa shape index (κ3) is 2.77. The van der Waals surface area contributed by atoms with E-state index in [1.54, 1.807) is 11.3 Å². The molecule has 2 aromatic heterocycles. The molecule has 6 heteroatoms. The molecule has 23 heavy (non-hydrogen) atoms. The number of nitrogens with zero attached hydrogens (tertiary/aromatic N) is 3. The number of carbonyl (C=O) groups is 1. The van der Waals surface area contributed by atoms with Crippen molar-refractivity contribution >= 4 is 22.9 Å². The minimum Gasteiger partial charge on any atom is -0.421 e. The van der Waals surface area contributed by atoms with Crippen LogP contribution in [-0.4, -0.2) is 22.6 Å². The molecule has 0 radical (unpaired) electrons. The Morgan fingerprint density at radius 2 is 2.17 bits per heavy atom. The Bertz CT molecular complexity index is 826. The molecular weight excluding hydrogens is 310 g/mol. The number of fused-ring (bicyclic) bond motifs is 1. The van der Waals surface area contributed by atoms with E-state index in [1.807, 2.05) is 39.9 Å². The molecule has 1 aliphatic heterocycles. The van der Waals surface area contributed by atoms with Gasteiger partial charge in [-0.2, -0.15) is 11.3 Å². The van der Waals surface area contributed by atoms with Crippen LogP contribution in [0.5, 0.6) is 0 Å². The summed E-state index contributed by atoms with van der Waals surface area (Å²) in [5, 5.41) is 12.0. The van der Waals surface area contributed by atoms with Crippen molar-refractivity contribution < 1.29 is 9.21 Å². The maximum absolute atomic E-state index is 12.5. The van der Waals surface area contributed by atoms with Crippen LogP contribution in [0.4, 0.5) is 5.69 Å².